The molecule has 2 fully saturated rings. The molecule has 1 aromatic heterocycles. The van der Waals surface area contributed by atoms with Crippen LogP contribution in [-0.2, 0) is 0 Å². The maximum atomic E-state index is 11.8. The molecule has 4 heteroatoms. The van der Waals surface area contributed by atoms with Gasteiger partial charge in [-0.3, -0.25) is 4.79 Å². The summed E-state index contributed by atoms with van der Waals surface area (Å²) in [6.07, 6.45) is 8.86. The zero-order valence-electron chi connectivity index (χ0n) is 13.1. The Morgan fingerprint density at radius 2 is 1.95 bits per heavy atom. The van der Waals surface area contributed by atoms with Crippen LogP contribution in [0.15, 0.2) is 0 Å². The van der Waals surface area contributed by atoms with Crippen LogP contribution < -0.4 is 11.1 Å². The Bertz CT molecular complexity index is 533. The fourth-order valence-corrected chi connectivity index (χ4v) is 4.60. The molecule has 0 aromatic carbocycles. The number of carbonyl (C=O) groups is 1. The number of hydrogen-bond donors (Lipinski definition) is 2. The quantitative estimate of drug-likeness (QED) is 0.621. The lowest BCUT2D eigenvalue weighted by atomic mass is 10.0. The lowest BCUT2D eigenvalue weighted by Gasteiger charge is -2.18. The van der Waals surface area contributed by atoms with Crippen molar-refractivity contribution in [2.45, 2.75) is 70.8 Å². The van der Waals surface area contributed by atoms with E-state index in [2.05, 4.69) is 12.2 Å². The number of ketones is 1. The molecular formula is C17H26N2OS. The van der Waals surface area contributed by atoms with Gasteiger partial charge < -0.3 is 11.1 Å². The van der Waals surface area contributed by atoms with Crippen LogP contribution in [0.3, 0.4) is 0 Å². The van der Waals surface area contributed by atoms with E-state index in [1.54, 1.807) is 18.3 Å². The first-order chi connectivity index (χ1) is 10.1. The number of thiophene rings is 1. The molecule has 0 bridgehead atoms. The van der Waals surface area contributed by atoms with Crippen molar-refractivity contribution >= 4 is 27.8 Å². The minimum absolute atomic E-state index is 0.0990. The van der Waals surface area contributed by atoms with Gasteiger partial charge in [-0.15, -0.1) is 11.3 Å². The van der Waals surface area contributed by atoms with Crippen LogP contribution in [0.2, 0.25) is 0 Å². The van der Waals surface area contributed by atoms with E-state index in [1.807, 2.05) is 0 Å². The minimum Gasteiger partial charge on any atom is -0.397 e. The van der Waals surface area contributed by atoms with E-state index in [1.165, 1.54) is 55.5 Å². The molecule has 116 valence electrons. The summed E-state index contributed by atoms with van der Waals surface area (Å²) in [5, 5.41) is 4.91. The second-order valence-electron chi connectivity index (χ2n) is 6.87. The van der Waals surface area contributed by atoms with Crippen molar-refractivity contribution in [2.75, 3.05) is 11.1 Å². The lowest BCUT2D eigenvalue weighted by Crippen LogP contribution is -2.18. The molecule has 3 rings (SSSR count). The minimum atomic E-state index is 0.0990. The van der Waals surface area contributed by atoms with Crippen LogP contribution in [0.25, 0.3) is 0 Å². The third-order valence-electron chi connectivity index (χ3n) is 4.88. The van der Waals surface area contributed by atoms with Gasteiger partial charge in [-0.05, 0) is 43.9 Å². The second kappa shape index (κ2) is 5.99. The molecule has 2 aliphatic rings. The van der Waals surface area contributed by atoms with E-state index in [0.29, 0.717) is 12.0 Å². The summed E-state index contributed by atoms with van der Waals surface area (Å²) in [5.74, 6) is 1.53. The fourth-order valence-electron chi connectivity index (χ4n) is 3.42. The molecule has 0 aliphatic heterocycles. The predicted molar refractivity (Wildman–Crippen MR) is 90.4 cm³/mol. The van der Waals surface area contributed by atoms with Gasteiger partial charge >= 0.3 is 0 Å². The van der Waals surface area contributed by atoms with Crippen molar-refractivity contribution in [3.63, 3.8) is 0 Å². The summed E-state index contributed by atoms with van der Waals surface area (Å²) in [6.45, 7) is 3.98. The van der Waals surface area contributed by atoms with Gasteiger partial charge in [-0.2, -0.15) is 0 Å². The van der Waals surface area contributed by atoms with Crippen molar-refractivity contribution in [3.05, 3.63) is 10.4 Å². The van der Waals surface area contributed by atoms with E-state index in [-0.39, 0.29) is 5.78 Å². The maximum Gasteiger partial charge on any atom is 0.171 e. The molecule has 1 heterocycles. The van der Waals surface area contributed by atoms with Gasteiger partial charge in [-0.1, -0.05) is 19.8 Å². The van der Waals surface area contributed by atoms with E-state index >= 15 is 0 Å². The van der Waals surface area contributed by atoms with Crippen LogP contribution in [-0.4, -0.2) is 11.8 Å². The Morgan fingerprint density at radius 3 is 2.62 bits per heavy atom. The summed E-state index contributed by atoms with van der Waals surface area (Å²) >= 11 is 1.58. The van der Waals surface area contributed by atoms with Gasteiger partial charge in [-0.25, -0.2) is 0 Å². The molecular weight excluding hydrogens is 280 g/mol. The highest BCUT2D eigenvalue weighted by Crippen LogP contribution is 2.51. The number of hydrogen-bond acceptors (Lipinski definition) is 4. The molecule has 0 amide bonds. The van der Waals surface area contributed by atoms with Crippen LogP contribution in [0.5, 0.6) is 0 Å². The molecule has 0 spiro atoms. The number of nitrogens with two attached hydrogens (primary N) is 1. The number of nitrogens with one attached hydrogen (secondary N) is 1. The molecule has 2 atom stereocenters. The lowest BCUT2D eigenvalue weighted by molar-refractivity contribution is 0.102. The largest absolute Gasteiger partial charge is 0.397 e. The topological polar surface area (TPSA) is 55.1 Å². The third kappa shape index (κ3) is 3.25. The molecule has 1 aromatic rings. The third-order valence-corrected chi connectivity index (χ3v) is 6.13. The van der Waals surface area contributed by atoms with Crippen LogP contribution in [0.1, 0.15) is 79.9 Å². The Hall–Kier alpha value is -1.03. The smallest absolute Gasteiger partial charge is 0.171 e. The number of Topliss-reactive ketones (excluding diaryl/α,β-unsaturated/α-hetero) is 1. The predicted octanol–water partition coefficient (Wildman–Crippen LogP) is 4.79. The summed E-state index contributed by atoms with van der Waals surface area (Å²) in [7, 11) is 0. The second-order valence-corrected chi connectivity index (χ2v) is 7.89. The SMILES string of the molecule is CC(=O)c1sc(NC2CCCC(C)CC2)c(C2CC2)c1N. The normalized spacial score (nSPS) is 26.4. The summed E-state index contributed by atoms with van der Waals surface area (Å²) in [4.78, 5) is 12.5. The van der Waals surface area contributed by atoms with E-state index < -0.39 is 0 Å². The standard InChI is InChI=1S/C17H26N2OS/c1-10-4-3-5-13(9-6-10)19-17-14(12-7-8-12)15(18)16(21-17)11(2)20/h10,12-13,19H,3-9,18H2,1-2H3. The average molecular weight is 306 g/mol. The van der Waals surface area contributed by atoms with Crippen molar-refractivity contribution in [1.82, 2.24) is 0 Å². The van der Waals surface area contributed by atoms with Gasteiger partial charge in [0.15, 0.2) is 5.78 Å². The Kier molecular flexibility index (Phi) is 4.25. The van der Waals surface area contributed by atoms with E-state index in [4.69, 9.17) is 5.73 Å². The van der Waals surface area contributed by atoms with Gasteiger partial charge in [0.25, 0.3) is 0 Å². The number of carbonyl (C=O) groups excluding carboxylic acids is 1. The highest BCUT2D eigenvalue weighted by Gasteiger charge is 2.33. The van der Waals surface area contributed by atoms with Crippen molar-refractivity contribution in [2.24, 2.45) is 5.92 Å². The van der Waals surface area contributed by atoms with Gasteiger partial charge in [0.1, 0.15) is 0 Å². The Balaban J connectivity index is 1.81. The average Bonchev–Trinajstić information content (AvgIpc) is 3.22. The number of rotatable bonds is 4. The molecule has 2 aliphatic carbocycles. The van der Waals surface area contributed by atoms with Gasteiger partial charge in [0, 0.05) is 18.5 Å². The summed E-state index contributed by atoms with van der Waals surface area (Å²) in [5.41, 5.74) is 8.24. The van der Waals surface area contributed by atoms with E-state index in [0.717, 1.165) is 16.5 Å². The van der Waals surface area contributed by atoms with Crippen LogP contribution in [0, 0.1) is 5.92 Å². The van der Waals surface area contributed by atoms with E-state index in [9.17, 15) is 4.79 Å². The monoisotopic (exact) mass is 306 g/mol. The Morgan fingerprint density at radius 1 is 1.19 bits per heavy atom. The highest BCUT2D eigenvalue weighted by atomic mass is 32.1. The van der Waals surface area contributed by atoms with Gasteiger partial charge in [0.05, 0.1) is 15.6 Å². The Labute approximate surface area is 131 Å². The summed E-state index contributed by atoms with van der Waals surface area (Å²) < 4.78 is 0. The highest BCUT2D eigenvalue weighted by molar-refractivity contribution is 7.18. The van der Waals surface area contributed by atoms with Gasteiger partial charge in [0.2, 0.25) is 0 Å². The van der Waals surface area contributed by atoms with Crippen molar-refractivity contribution in [1.29, 1.82) is 0 Å². The zero-order valence-corrected chi connectivity index (χ0v) is 13.9. The van der Waals surface area contributed by atoms with Crippen LogP contribution >= 0.6 is 11.3 Å². The first-order valence-electron chi connectivity index (χ1n) is 8.26. The number of anilines is 2. The molecule has 3 N–H and O–H groups in total. The molecule has 21 heavy (non-hydrogen) atoms. The zero-order chi connectivity index (χ0) is 15.0. The first-order valence-corrected chi connectivity index (χ1v) is 9.07. The molecule has 2 unspecified atom stereocenters. The fraction of sp³-hybridized carbons (Fsp3) is 0.706. The molecule has 3 nitrogen and oxygen atoms in total. The maximum absolute atomic E-state index is 11.8. The van der Waals surface area contributed by atoms with Crippen LogP contribution in [0.4, 0.5) is 10.7 Å². The molecule has 2 saturated carbocycles. The van der Waals surface area contributed by atoms with Crippen molar-refractivity contribution < 1.29 is 4.79 Å². The molecule has 0 saturated heterocycles. The summed E-state index contributed by atoms with van der Waals surface area (Å²) in [6, 6.07) is 0.547. The number of nitrogen functional groups attached to an aromatic ring is 1. The van der Waals surface area contributed by atoms with Crippen molar-refractivity contribution in [3.8, 4) is 0 Å². The first kappa shape index (κ1) is 14.9. The molecule has 0 radical (unpaired) electrons.